The van der Waals surface area contributed by atoms with Crippen LogP contribution in [-0.4, -0.2) is 69.0 Å². The molecule has 1 unspecified atom stereocenters. The van der Waals surface area contributed by atoms with Crippen molar-refractivity contribution in [3.63, 3.8) is 0 Å². The number of halogens is 2. The zero-order valence-electron chi connectivity index (χ0n) is 18.4. The Morgan fingerprint density at radius 2 is 1.84 bits per heavy atom. The molecule has 1 atom stereocenters. The average Bonchev–Trinajstić information content (AvgIpc) is 3.46. The van der Waals surface area contributed by atoms with Crippen molar-refractivity contribution in [1.82, 2.24) is 29.9 Å². The van der Waals surface area contributed by atoms with Gasteiger partial charge in [0.1, 0.15) is 5.82 Å². The number of rotatable bonds is 5. The third kappa shape index (κ3) is 4.32. The van der Waals surface area contributed by atoms with Gasteiger partial charge in [0, 0.05) is 26.7 Å². The van der Waals surface area contributed by atoms with Crippen molar-refractivity contribution in [3.05, 3.63) is 18.0 Å². The fraction of sp³-hybridized carbons (Fsp3) is 0.636. The van der Waals surface area contributed by atoms with Gasteiger partial charge in [0.2, 0.25) is 5.89 Å². The monoisotopic (exact) mass is 445 g/mol. The highest BCUT2D eigenvalue weighted by molar-refractivity contribution is 5.89. The van der Waals surface area contributed by atoms with Gasteiger partial charge in [0.25, 0.3) is 12.3 Å². The molecule has 3 aromatic heterocycles. The second-order valence-corrected chi connectivity index (χ2v) is 8.85. The van der Waals surface area contributed by atoms with Gasteiger partial charge in [-0.05, 0) is 37.9 Å². The van der Waals surface area contributed by atoms with Crippen LogP contribution in [0.15, 0.2) is 16.5 Å². The lowest BCUT2D eigenvalue weighted by molar-refractivity contribution is 0.0987. The van der Waals surface area contributed by atoms with E-state index in [9.17, 15) is 8.78 Å². The number of hydrogen-bond donors (Lipinski definition) is 0. The number of aromatic nitrogens is 5. The summed E-state index contributed by atoms with van der Waals surface area (Å²) in [7, 11) is 1.87. The first-order valence-corrected chi connectivity index (χ1v) is 11.5. The maximum absolute atomic E-state index is 12.7. The van der Waals surface area contributed by atoms with Crippen molar-refractivity contribution in [2.45, 2.75) is 50.9 Å². The van der Waals surface area contributed by atoms with Gasteiger partial charge in [-0.1, -0.05) is 19.3 Å². The van der Waals surface area contributed by atoms with E-state index >= 15 is 0 Å². The number of hydrogen-bond acceptors (Lipinski definition) is 7. The Morgan fingerprint density at radius 1 is 1.06 bits per heavy atom. The summed E-state index contributed by atoms with van der Waals surface area (Å²) in [6.45, 7) is 2.96. The lowest BCUT2D eigenvalue weighted by Gasteiger charge is -2.25. The van der Waals surface area contributed by atoms with Crippen LogP contribution < -0.4 is 4.90 Å². The molecule has 3 aromatic rings. The fourth-order valence-corrected chi connectivity index (χ4v) is 4.82. The van der Waals surface area contributed by atoms with Crippen LogP contribution in [0.5, 0.6) is 0 Å². The number of alkyl halides is 2. The molecular formula is C22H29F2N7O. The van der Waals surface area contributed by atoms with Crippen molar-refractivity contribution >= 4 is 16.9 Å². The van der Waals surface area contributed by atoms with E-state index in [1.807, 2.05) is 19.2 Å². The molecule has 0 N–H and O–H groups in total. The second kappa shape index (κ2) is 9.09. The van der Waals surface area contributed by atoms with E-state index in [2.05, 4.69) is 20.2 Å². The highest BCUT2D eigenvalue weighted by Gasteiger charge is 2.30. The Morgan fingerprint density at radius 3 is 2.62 bits per heavy atom. The van der Waals surface area contributed by atoms with Crippen molar-refractivity contribution in [2.75, 3.05) is 37.6 Å². The molecule has 0 radical (unpaired) electrons. The molecule has 5 heterocycles. The molecule has 0 aliphatic carbocycles. The third-order valence-corrected chi connectivity index (χ3v) is 6.51. The molecule has 0 amide bonds. The number of pyridine rings is 1. The second-order valence-electron chi connectivity index (χ2n) is 8.85. The molecule has 8 nitrogen and oxygen atoms in total. The summed E-state index contributed by atoms with van der Waals surface area (Å²) < 4.78 is 33.0. The molecule has 2 aliphatic heterocycles. The van der Waals surface area contributed by atoms with Gasteiger partial charge in [-0.2, -0.15) is 5.10 Å². The maximum Gasteiger partial charge on any atom is 0.268 e. The minimum Gasteiger partial charge on any atom is -0.419 e. The highest BCUT2D eigenvalue weighted by atomic mass is 19.3. The summed E-state index contributed by atoms with van der Waals surface area (Å²) in [6, 6.07) is 4.08. The Kier molecular flexibility index (Phi) is 6.03. The van der Waals surface area contributed by atoms with E-state index in [-0.39, 0.29) is 12.5 Å². The zero-order valence-corrected chi connectivity index (χ0v) is 18.4. The molecule has 2 saturated heterocycles. The minimum absolute atomic E-state index is 0.0261. The minimum atomic E-state index is -2.33. The average molecular weight is 446 g/mol. The molecule has 32 heavy (non-hydrogen) atoms. The molecule has 0 spiro atoms. The SMILES string of the molecule is Cn1nc(-c2nnc(C3CCN(CC(F)F)C3)o2)c2ccc(N3CCCCCCC3)nc21. The Hall–Kier alpha value is -2.62. The summed E-state index contributed by atoms with van der Waals surface area (Å²) in [5.41, 5.74) is 1.39. The van der Waals surface area contributed by atoms with Crippen molar-refractivity contribution < 1.29 is 13.2 Å². The summed E-state index contributed by atoms with van der Waals surface area (Å²) >= 11 is 0. The fourth-order valence-electron chi connectivity index (χ4n) is 4.82. The van der Waals surface area contributed by atoms with Gasteiger partial charge in [-0.3, -0.25) is 4.90 Å². The Bertz CT molecular complexity index is 1060. The van der Waals surface area contributed by atoms with Crippen molar-refractivity contribution in [3.8, 4) is 11.6 Å². The van der Waals surface area contributed by atoms with Gasteiger partial charge in [-0.15, -0.1) is 10.2 Å². The predicted octanol–water partition coefficient (Wildman–Crippen LogP) is 3.84. The van der Waals surface area contributed by atoms with E-state index in [1.165, 1.54) is 32.1 Å². The van der Waals surface area contributed by atoms with Crippen molar-refractivity contribution in [2.24, 2.45) is 7.05 Å². The molecule has 172 valence electrons. The lowest BCUT2D eigenvalue weighted by Crippen LogP contribution is -2.27. The molecule has 0 saturated carbocycles. The van der Waals surface area contributed by atoms with E-state index in [0.717, 1.165) is 36.4 Å². The van der Waals surface area contributed by atoms with E-state index in [1.54, 1.807) is 9.58 Å². The molecule has 10 heteroatoms. The van der Waals surface area contributed by atoms with Gasteiger partial charge < -0.3 is 9.32 Å². The highest BCUT2D eigenvalue weighted by Crippen LogP contribution is 2.32. The standard InChI is InChI=1S/C22H29F2N7O/c1-29-20-16(7-8-18(25-20)31-10-5-3-2-4-6-11-31)19(28-29)22-27-26-21(32-22)15-9-12-30(13-15)14-17(23)24/h7-8,15,17H,2-6,9-14H2,1H3. The molecule has 0 bridgehead atoms. The van der Waals surface area contributed by atoms with Crippen LogP contribution in [0.4, 0.5) is 14.6 Å². The number of likely N-dealkylation sites (tertiary alicyclic amines) is 1. The van der Waals surface area contributed by atoms with Crippen molar-refractivity contribution in [1.29, 1.82) is 0 Å². The van der Waals surface area contributed by atoms with E-state index < -0.39 is 6.43 Å². The van der Waals surface area contributed by atoms with Crippen LogP contribution in [0.25, 0.3) is 22.6 Å². The summed E-state index contributed by atoms with van der Waals surface area (Å²) in [6.07, 6.45) is 4.65. The van der Waals surface area contributed by atoms with E-state index in [4.69, 9.17) is 9.40 Å². The predicted molar refractivity (Wildman–Crippen MR) is 117 cm³/mol. The zero-order chi connectivity index (χ0) is 22.1. The molecular weight excluding hydrogens is 416 g/mol. The maximum atomic E-state index is 12.7. The van der Waals surface area contributed by atoms with Gasteiger partial charge in [-0.25, -0.2) is 18.4 Å². The van der Waals surface area contributed by atoms with E-state index in [0.29, 0.717) is 30.6 Å². The Labute approximate surface area is 185 Å². The van der Waals surface area contributed by atoms with Crippen LogP contribution in [0.3, 0.4) is 0 Å². The first kappa shape index (κ1) is 21.2. The Balaban J connectivity index is 1.37. The largest absolute Gasteiger partial charge is 0.419 e. The molecule has 5 rings (SSSR count). The van der Waals surface area contributed by atoms with Gasteiger partial charge >= 0.3 is 0 Å². The summed E-state index contributed by atoms with van der Waals surface area (Å²) in [5.74, 6) is 1.78. The van der Waals surface area contributed by atoms with Crippen LogP contribution in [-0.2, 0) is 7.05 Å². The number of nitrogens with zero attached hydrogens (tertiary/aromatic N) is 7. The number of anilines is 1. The van der Waals surface area contributed by atoms with Crippen LogP contribution >= 0.6 is 0 Å². The van der Waals surface area contributed by atoms with Crippen LogP contribution in [0, 0.1) is 0 Å². The first-order valence-electron chi connectivity index (χ1n) is 11.5. The van der Waals surface area contributed by atoms with Gasteiger partial charge in [0.05, 0.1) is 17.8 Å². The molecule has 2 aliphatic rings. The van der Waals surface area contributed by atoms with Crippen LogP contribution in [0.2, 0.25) is 0 Å². The summed E-state index contributed by atoms with van der Waals surface area (Å²) in [4.78, 5) is 9.00. The number of aryl methyl sites for hydroxylation is 1. The number of fused-ring (bicyclic) bond motifs is 1. The smallest absolute Gasteiger partial charge is 0.268 e. The molecule has 0 aromatic carbocycles. The lowest BCUT2D eigenvalue weighted by atomic mass is 10.1. The molecule has 2 fully saturated rings. The normalized spacial score (nSPS) is 20.9. The van der Waals surface area contributed by atoms with Gasteiger partial charge in [0.15, 0.2) is 11.3 Å². The topological polar surface area (TPSA) is 76.1 Å². The summed E-state index contributed by atoms with van der Waals surface area (Å²) in [5, 5.41) is 13.9. The van der Waals surface area contributed by atoms with Crippen LogP contribution in [0.1, 0.15) is 50.3 Å². The first-order chi connectivity index (χ1) is 15.6. The quantitative estimate of drug-likeness (QED) is 0.591. The third-order valence-electron chi connectivity index (χ3n) is 6.51.